The molecule has 0 unspecified atom stereocenters. The van der Waals surface area contributed by atoms with Crippen molar-refractivity contribution in [1.82, 2.24) is 9.78 Å². The van der Waals surface area contributed by atoms with Crippen LogP contribution >= 0.6 is 0 Å². The molecule has 0 saturated heterocycles. The lowest BCUT2D eigenvalue weighted by Gasteiger charge is -2.08. The van der Waals surface area contributed by atoms with Gasteiger partial charge in [0.25, 0.3) is 5.91 Å². The highest BCUT2D eigenvalue weighted by molar-refractivity contribution is 5.92. The molecule has 7 nitrogen and oxygen atoms in total. The average Bonchev–Trinajstić information content (AvgIpc) is 2.70. The van der Waals surface area contributed by atoms with Crippen molar-refractivity contribution >= 4 is 17.6 Å². The lowest BCUT2D eigenvalue weighted by molar-refractivity contribution is -0.136. The molecule has 2 N–H and O–H groups in total. The van der Waals surface area contributed by atoms with Crippen LogP contribution in [-0.4, -0.2) is 33.4 Å². The topological polar surface area (TPSA) is 93.5 Å². The molecule has 0 aliphatic heterocycles. The number of carbonyl (C=O) groups is 2. The van der Waals surface area contributed by atoms with Gasteiger partial charge in [0, 0.05) is 12.7 Å². The Morgan fingerprint density at radius 2 is 2.09 bits per heavy atom. The summed E-state index contributed by atoms with van der Waals surface area (Å²) in [5.41, 5.74) is 2.73. The zero-order valence-electron chi connectivity index (χ0n) is 13.3. The number of carbonyl (C=O) groups excluding carboxylic acids is 1. The van der Waals surface area contributed by atoms with Gasteiger partial charge in [-0.3, -0.25) is 14.3 Å². The molecule has 0 atom stereocenters. The van der Waals surface area contributed by atoms with Gasteiger partial charge >= 0.3 is 5.97 Å². The van der Waals surface area contributed by atoms with E-state index in [9.17, 15) is 9.59 Å². The summed E-state index contributed by atoms with van der Waals surface area (Å²) in [6, 6.07) is 6.73. The molecule has 0 saturated carbocycles. The molecule has 0 radical (unpaired) electrons. The van der Waals surface area contributed by atoms with E-state index in [0.29, 0.717) is 17.0 Å². The van der Waals surface area contributed by atoms with E-state index >= 15 is 0 Å². The maximum absolute atomic E-state index is 12.0. The summed E-state index contributed by atoms with van der Waals surface area (Å²) in [4.78, 5) is 22.7. The van der Waals surface area contributed by atoms with Crippen LogP contribution in [0.2, 0.25) is 0 Å². The molecule has 0 spiro atoms. The minimum atomic E-state index is -0.917. The molecule has 1 aromatic heterocycles. The van der Waals surface area contributed by atoms with E-state index in [1.807, 2.05) is 20.9 Å². The number of amides is 1. The summed E-state index contributed by atoms with van der Waals surface area (Å²) in [6.07, 6.45) is -0.0890. The Bertz CT molecular complexity index is 737. The van der Waals surface area contributed by atoms with E-state index in [0.717, 1.165) is 11.4 Å². The highest BCUT2D eigenvalue weighted by Gasteiger charge is 2.12. The molecule has 23 heavy (non-hydrogen) atoms. The van der Waals surface area contributed by atoms with E-state index in [4.69, 9.17) is 9.84 Å². The molecule has 1 aromatic carbocycles. The van der Waals surface area contributed by atoms with Crippen LogP contribution in [0.25, 0.3) is 0 Å². The number of aliphatic carboxylic acids is 1. The summed E-state index contributed by atoms with van der Waals surface area (Å²) in [5.74, 6) is -0.637. The maximum Gasteiger partial charge on any atom is 0.307 e. The quantitative estimate of drug-likeness (QED) is 0.845. The number of nitrogens with one attached hydrogen (secondary N) is 1. The standard InChI is InChI=1S/C16H19N3O4/c1-10-16(11(2)19(3)18-10)23-9-14(20)17-13-6-4-5-12(7-13)8-15(21)22/h4-7H,8-9H2,1-3H3,(H,17,20)(H,21,22). The number of rotatable bonds is 6. The molecule has 0 fully saturated rings. The van der Waals surface area contributed by atoms with Crippen molar-refractivity contribution in [3.63, 3.8) is 0 Å². The lowest BCUT2D eigenvalue weighted by atomic mass is 10.1. The second kappa shape index (κ2) is 6.95. The van der Waals surface area contributed by atoms with Gasteiger partial charge in [0.1, 0.15) is 5.69 Å². The highest BCUT2D eigenvalue weighted by atomic mass is 16.5. The maximum atomic E-state index is 12.0. The number of carboxylic acid groups (broad SMARTS) is 1. The van der Waals surface area contributed by atoms with Crippen LogP contribution in [0.5, 0.6) is 5.75 Å². The van der Waals surface area contributed by atoms with E-state index in [1.54, 1.807) is 28.9 Å². The third-order valence-electron chi connectivity index (χ3n) is 3.36. The minimum absolute atomic E-state index is 0.0890. The van der Waals surface area contributed by atoms with Gasteiger partial charge in [0.2, 0.25) is 0 Å². The Hall–Kier alpha value is -2.83. The first-order chi connectivity index (χ1) is 10.9. The fraction of sp³-hybridized carbons (Fsp3) is 0.312. The van der Waals surface area contributed by atoms with Crippen molar-refractivity contribution in [3.05, 3.63) is 41.2 Å². The smallest absolute Gasteiger partial charge is 0.307 e. The zero-order chi connectivity index (χ0) is 17.0. The van der Waals surface area contributed by atoms with Crippen molar-refractivity contribution in [3.8, 4) is 5.75 Å². The summed E-state index contributed by atoms with van der Waals surface area (Å²) >= 11 is 0. The summed E-state index contributed by atoms with van der Waals surface area (Å²) < 4.78 is 7.22. The lowest BCUT2D eigenvalue weighted by Crippen LogP contribution is -2.20. The minimum Gasteiger partial charge on any atom is -0.481 e. The first kappa shape index (κ1) is 16.5. The van der Waals surface area contributed by atoms with Crippen LogP contribution in [0, 0.1) is 13.8 Å². The number of hydrogen-bond donors (Lipinski definition) is 2. The second-order valence-corrected chi connectivity index (χ2v) is 5.23. The zero-order valence-corrected chi connectivity index (χ0v) is 13.3. The Labute approximate surface area is 133 Å². The first-order valence-electron chi connectivity index (χ1n) is 7.10. The van der Waals surface area contributed by atoms with Crippen molar-refractivity contribution < 1.29 is 19.4 Å². The molecule has 1 heterocycles. The average molecular weight is 317 g/mol. The summed E-state index contributed by atoms with van der Waals surface area (Å²) in [7, 11) is 1.81. The summed E-state index contributed by atoms with van der Waals surface area (Å²) in [5, 5.41) is 15.7. The number of aryl methyl sites for hydroxylation is 2. The Morgan fingerprint density at radius 3 is 2.70 bits per heavy atom. The van der Waals surface area contributed by atoms with E-state index < -0.39 is 5.97 Å². The Kier molecular flexibility index (Phi) is 5.00. The van der Waals surface area contributed by atoms with E-state index in [1.165, 1.54) is 0 Å². The number of carboxylic acids is 1. The van der Waals surface area contributed by atoms with Crippen LogP contribution in [0.3, 0.4) is 0 Å². The van der Waals surface area contributed by atoms with E-state index in [2.05, 4.69) is 10.4 Å². The Balaban J connectivity index is 1.96. The van der Waals surface area contributed by atoms with E-state index in [-0.39, 0.29) is 18.9 Å². The molecular weight excluding hydrogens is 298 g/mol. The van der Waals surface area contributed by atoms with Crippen LogP contribution in [0.1, 0.15) is 17.0 Å². The molecule has 7 heteroatoms. The molecular formula is C16H19N3O4. The molecule has 0 aliphatic rings. The molecule has 0 aliphatic carbocycles. The van der Waals surface area contributed by atoms with Gasteiger partial charge in [-0.1, -0.05) is 12.1 Å². The van der Waals surface area contributed by atoms with Crippen molar-refractivity contribution in [1.29, 1.82) is 0 Å². The first-order valence-corrected chi connectivity index (χ1v) is 7.10. The van der Waals surface area contributed by atoms with Crippen LogP contribution in [0.15, 0.2) is 24.3 Å². The molecule has 122 valence electrons. The van der Waals surface area contributed by atoms with Gasteiger partial charge in [-0.05, 0) is 31.5 Å². The monoisotopic (exact) mass is 317 g/mol. The molecule has 2 aromatic rings. The van der Waals surface area contributed by atoms with Gasteiger partial charge in [0.05, 0.1) is 12.1 Å². The predicted molar refractivity (Wildman–Crippen MR) is 84.6 cm³/mol. The summed E-state index contributed by atoms with van der Waals surface area (Å²) in [6.45, 7) is 3.54. The van der Waals surface area contributed by atoms with Gasteiger partial charge in [-0.2, -0.15) is 5.10 Å². The van der Waals surface area contributed by atoms with Crippen LogP contribution < -0.4 is 10.1 Å². The van der Waals surface area contributed by atoms with Gasteiger partial charge in [0.15, 0.2) is 12.4 Å². The number of ether oxygens (including phenoxy) is 1. The number of hydrogen-bond acceptors (Lipinski definition) is 4. The van der Waals surface area contributed by atoms with Crippen molar-refractivity contribution in [2.75, 3.05) is 11.9 Å². The fourth-order valence-electron chi connectivity index (χ4n) is 2.23. The second-order valence-electron chi connectivity index (χ2n) is 5.23. The fourth-order valence-corrected chi connectivity index (χ4v) is 2.23. The van der Waals surface area contributed by atoms with Crippen LogP contribution in [-0.2, 0) is 23.1 Å². The normalized spacial score (nSPS) is 10.4. The van der Waals surface area contributed by atoms with Gasteiger partial charge in [-0.25, -0.2) is 0 Å². The number of aromatic nitrogens is 2. The van der Waals surface area contributed by atoms with Crippen molar-refractivity contribution in [2.24, 2.45) is 7.05 Å². The van der Waals surface area contributed by atoms with Crippen LogP contribution in [0.4, 0.5) is 5.69 Å². The number of anilines is 1. The molecule has 2 rings (SSSR count). The number of benzene rings is 1. The molecule has 1 amide bonds. The molecule has 0 bridgehead atoms. The van der Waals surface area contributed by atoms with Gasteiger partial charge < -0.3 is 15.2 Å². The highest BCUT2D eigenvalue weighted by Crippen LogP contribution is 2.21. The Morgan fingerprint density at radius 1 is 1.35 bits per heavy atom. The number of nitrogens with zero attached hydrogens (tertiary/aromatic N) is 2. The SMILES string of the molecule is Cc1nn(C)c(C)c1OCC(=O)Nc1cccc(CC(=O)O)c1. The largest absolute Gasteiger partial charge is 0.481 e. The third-order valence-corrected chi connectivity index (χ3v) is 3.36. The van der Waals surface area contributed by atoms with Crippen molar-refractivity contribution in [2.45, 2.75) is 20.3 Å². The third kappa shape index (κ3) is 4.32. The van der Waals surface area contributed by atoms with Gasteiger partial charge in [-0.15, -0.1) is 0 Å². The predicted octanol–water partition coefficient (Wildman–Crippen LogP) is 1.68.